The highest BCUT2D eigenvalue weighted by atomic mass is 16.7. The van der Waals surface area contributed by atoms with Crippen molar-refractivity contribution in [3.63, 3.8) is 0 Å². The minimum absolute atomic E-state index is 0.0206. The smallest absolute Gasteiger partial charge is 0.309 e. The van der Waals surface area contributed by atoms with Gasteiger partial charge < -0.3 is 68.0 Å². The van der Waals surface area contributed by atoms with E-state index in [9.17, 15) is 39.6 Å². The zero-order valence-electron chi connectivity index (χ0n) is 36.4. The molecule has 0 amide bonds. The number of rotatable bonds is 12. The molecule has 0 unspecified atom stereocenters. The summed E-state index contributed by atoms with van der Waals surface area (Å²) in [5, 5.41) is 46.0. The van der Waals surface area contributed by atoms with Crippen molar-refractivity contribution < 1.29 is 77.5 Å². The van der Waals surface area contributed by atoms with Gasteiger partial charge in [0.2, 0.25) is 0 Å². The van der Waals surface area contributed by atoms with E-state index in [4.69, 9.17) is 37.9 Å². The Kier molecular flexibility index (Phi) is 19.6. The zero-order valence-corrected chi connectivity index (χ0v) is 36.4. The fourth-order valence-electron chi connectivity index (χ4n) is 7.81. The SMILES string of the molecule is CCC(=O)O[C@@H]1CC(=O)O[C@@H](C)C/C=C/C=C/[C@H](O)[C@@H](C)C[C@H](CC=O)[C@H](O[C@@H]2O[C@H](C)[C@@H](O[C@H]3O[C@H](C)[C@H](OC(=O)C(C)C)[C@@](C)(O)[C@@H]3O)[C@H](N(C)C)[C@H]2O)[C@H]1OC. The summed E-state index contributed by atoms with van der Waals surface area (Å²) in [6, 6.07) is -0.905. The third-order valence-corrected chi connectivity index (χ3v) is 11.3. The molecule has 17 nitrogen and oxygen atoms in total. The minimum Gasteiger partial charge on any atom is -0.462 e. The lowest BCUT2D eigenvalue weighted by atomic mass is 9.82. The third-order valence-electron chi connectivity index (χ3n) is 11.3. The van der Waals surface area contributed by atoms with Crippen molar-refractivity contribution >= 4 is 24.2 Å². The number of nitrogens with zero attached hydrogens (tertiary/aromatic N) is 1. The van der Waals surface area contributed by atoms with Gasteiger partial charge >= 0.3 is 17.9 Å². The summed E-state index contributed by atoms with van der Waals surface area (Å²) in [5.41, 5.74) is -1.99. The lowest BCUT2D eigenvalue weighted by Gasteiger charge is -2.51. The van der Waals surface area contributed by atoms with Crippen LogP contribution in [0, 0.1) is 17.8 Å². The van der Waals surface area contributed by atoms with Crippen LogP contribution in [-0.2, 0) is 57.1 Å². The molecule has 3 aliphatic heterocycles. The first-order chi connectivity index (χ1) is 27.7. The van der Waals surface area contributed by atoms with Crippen LogP contribution in [0.15, 0.2) is 24.3 Å². The molecule has 0 aromatic rings. The van der Waals surface area contributed by atoms with E-state index in [0.29, 0.717) is 12.7 Å². The van der Waals surface area contributed by atoms with Gasteiger partial charge in [0.1, 0.15) is 48.5 Å². The van der Waals surface area contributed by atoms with Gasteiger partial charge in [-0.1, -0.05) is 52.0 Å². The molecule has 3 rings (SSSR count). The van der Waals surface area contributed by atoms with E-state index >= 15 is 0 Å². The number of aliphatic hydroxyl groups is 4. The molecular weight excluding hydrogens is 774 g/mol. The highest BCUT2D eigenvalue weighted by Crippen LogP contribution is 2.38. The van der Waals surface area contributed by atoms with Gasteiger partial charge in [0.15, 0.2) is 18.7 Å². The Balaban J connectivity index is 2.03. The van der Waals surface area contributed by atoms with E-state index in [0.717, 1.165) is 0 Å². The van der Waals surface area contributed by atoms with E-state index in [2.05, 4.69) is 0 Å². The average molecular weight is 844 g/mol. The van der Waals surface area contributed by atoms with Crippen LogP contribution in [0.3, 0.4) is 0 Å². The second-order valence-corrected chi connectivity index (χ2v) is 16.7. The molecule has 59 heavy (non-hydrogen) atoms. The topological polar surface area (TPSA) is 226 Å². The first-order valence-corrected chi connectivity index (χ1v) is 20.6. The average Bonchev–Trinajstić information content (AvgIpc) is 3.15. The number of hydrogen-bond acceptors (Lipinski definition) is 17. The summed E-state index contributed by atoms with van der Waals surface area (Å²) >= 11 is 0. The van der Waals surface area contributed by atoms with E-state index in [1.807, 2.05) is 0 Å². The molecule has 0 bridgehead atoms. The van der Waals surface area contributed by atoms with Crippen LogP contribution < -0.4 is 0 Å². The normalized spacial score (nSPS) is 41.5. The molecule has 0 radical (unpaired) electrons. The number of aldehydes is 1. The molecule has 3 heterocycles. The zero-order chi connectivity index (χ0) is 44.4. The predicted octanol–water partition coefficient (Wildman–Crippen LogP) is 1.98. The van der Waals surface area contributed by atoms with Gasteiger partial charge in [0.25, 0.3) is 0 Å². The molecule has 3 aliphatic rings. The van der Waals surface area contributed by atoms with E-state index < -0.39 is 133 Å². The number of ether oxygens (including phenoxy) is 8. The monoisotopic (exact) mass is 843 g/mol. The van der Waals surface area contributed by atoms with Crippen LogP contribution in [0.5, 0.6) is 0 Å². The highest BCUT2D eigenvalue weighted by Gasteiger charge is 2.57. The van der Waals surface area contributed by atoms with Gasteiger partial charge in [-0.25, -0.2) is 0 Å². The lowest BCUT2D eigenvalue weighted by molar-refractivity contribution is -0.364. The first-order valence-electron chi connectivity index (χ1n) is 20.6. The van der Waals surface area contributed by atoms with Crippen molar-refractivity contribution in [2.45, 2.75) is 179 Å². The fourth-order valence-corrected chi connectivity index (χ4v) is 7.81. The fraction of sp³-hybridized carbons (Fsp3) is 0.810. The maximum atomic E-state index is 13.3. The summed E-state index contributed by atoms with van der Waals surface area (Å²) < 4.78 is 48.3. The molecular formula is C42H69NO16. The van der Waals surface area contributed by atoms with Crippen LogP contribution in [-0.4, -0.2) is 162 Å². The second kappa shape index (κ2) is 22.8. The molecule has 0 aromatic heterocycles. The van der Waals surface area contributed by atoms with Gasteiger partial charge in [0, 0.05) is 26.4 Å². The first kappa shape index (κ1) is 50.5. The van der Waals surface area contributed by atoms with Crippen molar-refractivity contribution in [2.24, 2.45) is 17.8 Å². The Bertz CT molecular complexity index is 1420. The second-order valence-electron chi connectivity index (χ2n) is 16.7. The molecule has 338 valence electrons. The van der Waals surface area contributed by atoms with E-state index in [1.165, 1.54) is 14.0 Å². The summed E-state index contributed by atoms with van der Waals surface area (Å²) in [5.74, 6) is -3.54. The molecule has 2 fully saturated rings. The Morgan fingerprint density at radius 1 is 0.983 bits per heavy atom. The molecule has 0 aliphatic carbocycles. The molecule has 2 saturated heterocycles. The van der Waals surface area contributed by atoms with Crippen LogP contribution in [0.4, 0.5) is 0 Å². The van der Waals surface area contributed by atoms with Crippen LogP contribution in [0.25, 0.3) is 0 Å². The van der Waals surface area contributed by atoms with E-state index in [1.54, 1.807) is 91.8 Å². The van der Waals surface area contributed by atoms with Crippen molar-refractivity contribution in [1.82, 2.24) is 4.90 Å². The quantitative estimate of drug-likeness (QED) is 0.125. The van der Waals surface area contributed by atoms with Crippen LogP contribution >= 0.6 is 0 Å². The summed E-state index contributed by atoms with van der Waals surface area (Å²) in [4.78, 5) is 52.6. The van der Waals surface area contributed by atoms with Crippen LogP contribution in [0.1, 0.15) is 87.5 Å². The number of esters is 3. The Labute approximate surface area is 348 Å². The number of hydrogen-bond donors (Lipinski definition) is 4. The van der Waals surface area contributed by atoms with Gasteiger partial charge in [0.05, 0.1) is 42.8 Å². The summed E-state index contributed by atoms with van der Waals surface area (Å²) in [7, 11) is 4.72. The molecule has 0 saturated carbocycles. The molecule has 0 aromatic carbocycles. The maximum absolute atomic E-state index is 13.3. The number of aliphatic hydroxyl groups excluding tert-OH is 3. The number of methoxy groups -OCH3 is 1. The number of cyclic esters (lactones) is 1. The van der Waals surface area contributed by atoms with Gasteiger partial charge in [-0.3, -0.25) is 14.4 Å². The van der Waals surface area contributed by atoms with Gasteiger partial charge in [-0.2, -0.15) is 0 Å². The number of carbonyl (C=O) groups excluding carboxylic acids is 4. The molecule has 4 N–H and O–H groups in total. The molecule has 17 atom stereocenters. The van der Waals surface area contributed by atoms with E-state index in [-0.39, 0.29) is 19.3 Å². The maximum Gasteiger partial charge on any atom is 0.309 e. The largest absolute Gasteiger partial charge is 0.462 e. The van der Waals surface area contributed by atoms with Gasteiger partial charge in [-0.15, -0.1) is 0 Å². The standard InChI is InChI=1S/C42H69NO16/c1-12-30(46)56-29-21-31(47)53-24(5)16-14-13-15-17-28(45)23(4)20-27(18-19-44)35(36(29)52-11)58-40-33(48)32(43(9)10)34(25(6)54-40)57-41-37(49)42(8,51)38(26(7)55-41)59-39(50)22(2)3/h13-15,17,19,22-29,32-38,40-41,45,48-49,51H,12,16,18,20-21H2,1-11H3/b14-13+,17-15+/t23-,24-,25+,26+,27-,28-,29+,32+,33+,34+,35-,36-,37+,38-,40-,41+,42-/m0/s1. The van der Waals surface area contributed by atoms with Crippen molar-refractivity contribution in [3.05, 3.63) is 24.3 Å². The number of likely N-dealkylation sites (N-methyl/N-ethyl adjacent to an activating group) is 1. The Morgan fingerprint density at radius 3 is 2.22 bits per heavy atom. The molecule has 17 heteroatoms. The van der Waals surface area contributed by atoms with Crippen molar-refractivity contribution in [3.8, 4) is 0 Å². The minimum atomic E-state index is -1.99. The Morgan fingerprint density at radius 2 is 1.63 bits per heavy atom. The Hall–Kier alpha value is -2.84. The van der Waals surface area contributed by atoms with Crippen molar-refractivity contribution in [1.29, 1.82) is 0 Å². The van der Waals surface area contributed by atoms with Gasteiger partial charge in [-0.05, 0) is 60.0 Å². The third kappa shape index (κ3) is 13.3. The highest BCUT2D eigenvalue weighted by molar-refractivity contribution is 5.73. The number of allylic oxidation sites excluding steroid dienone is 2. The summed E-state index contributed by atoms with van der Waals surface area (Å²) in [6.07, 6.45) is -7.67. The number of carbonyl (C=O) groups is 4. The van der Waals surface area contributed by atoms with Crippen LogP contribution in [0.2, 0.25) is 0 Å². The molecule has 0 spiro atoms. The lowest BCUT2D eigenvalue weighted by Crippen LogP contribution is -2.69. The van der Waals surface area contributed by atoms with Crippen molar-refractivity contribution in [2.75, 3.05) is 21.2 Å². The predicted molar refractivity (Wildman–Crippen MR) is 211 cm³/mol. The summed E-state index contributed by atoms with van der Waals surface area (Å²) in [6.45, 7) is 13.0.